The minimum absolute atomic E-state index is 0.464. The van der Waals surface area contributed by atoms with E-state index in [0.717, 1.165) is 12.1 Å². The van der Waals surface area contributed by atoms with E-state index in [2.05, 4.69) is 9.72 Å². The number of pyridine rings is 1. The zero-order chi connectivity index (χ0) is 9.14. The number of halogens is 2. The molecule has 4 nitrogen and oxygen atoms in total. The van der Waals surface area contributed by atoms with Gasteiger partial charge in [-0.2, -0.15) is 13.8 Å². The van der Waals surface area contributed by atoms with Crippen LogP contribution in [0.4, 0.5) is 8.78 Å². The standard InChI is InChI=1S/C6H5F2NO3/c7-6(8)12-3-1-2-4(10)9-5(3)11/h1-2,6H,(H2,9,10,11). The molecule has 1 aromatic heterocycles. The number of aromatic nitrogens is 1. The normalized spacial score (nSPS) is 10.2. The van der Waals surface area contributed by atoms with Gasteiger partial charge in [0.2, 0.25) is 5.88 Å². The zero-order valence-corrected chi connectivity index (χ0v) is 5.74. The van der Waals surface area contributed by atoms with Gasteiger partial charge in [-0.05, 0) is 6.07 Å². The fourth-order valence-corrected chi connectivity index (χ4v) is 0.614. The molecule has 0 amide bonds. The van der Waals surface area contributed by atoms with Crippen LogP contribution in [0.3, 0.4) is 0 Å². The Morgan fingerprint density at radius 1 is 1.33 bits per heavy atom. The molecule has 1 rings (SSSR count). The largest absolute Gasteiger partial charge is 0.493 e. The van der Waals surface area contributed by atoms with Crippen LogP contribution in [0.15, 0.2) is 12.1 Å². The molecule has 66 valence electrons. The van der Waals surface area contributed by atoms with Crippen LogP contribution >= 0.6 is 0 Å². The summed E-state index contributed by atoms with van der Waals surface area (Å²) < 4.78 is 27.0. The van der Waals surface area contributed by atoms with Crippen molar-refractivity contribution in [3.63, 3.8) is 0 Å². The first-order chi connectivity index (χ1) is 5.59. The van der Waals surface area contributed by atoms with Crippen molar-refractivity contribution in [3.8, 4) is 17.5 Å². The molecule has 0 aromatic carbocycles. The van der Waals surface area contributed by atoms with Crippen LogP contribution in [-0.2, 0) is 0 Å². The van der Waals surface area contributed by atoms with Crippen LogP contribution in [0.25, 0.3) is 0 Å². The molecular formula is C6H5F2NO3. The predicted octanol–water partition coefficient (Wildman–Crippen LogP) is 1.09. The predicted molar refractivity (Wildman–Crippen MR) is 34.2 cm³/mol. The Hall–Kier alpha value is -1.59. The van der Waals surface area contributed by atoms with Crippen molar-refractivity contribution in [1.29, 1.82) is 0 Å². The van der Waals surface area contributed by atoms with Gasteiger partial charge >= 0.3 is 6.61 Å². The molecule has 0 aliphatic heterocycles. The van der Waals surface area contributed by atoms with Crippen molar-refractivity contribution < 1.29 is 23.7 Å². The van der Waals surface area contributed by atoms with Gasteiger partial charge in [-0.1, -0.05) is 0 Å². The van der Waals surface area contributed by atoms with Crippen LogP contribution in [0, 0.1) is 0 Å². The van der Waals surface area contributed by atoms with Gasteiger partial charge in [0.25, 0.3) is 5.88 Å². The van der Waals surface area contributed by atoms with Crippen LogP contribution in [0.2, 0.25) is 0 Å². The third-order valence-corrected chi connectivity index (χ3v) is 1.04. The van der Waals surface area contributed by atoms with E-state index in [9.17, 15) is 8.78 Å². The highest BCUT2D eigenvalue weighted by Gasteiger charge is 2.10. The summed E-state index contributed by atoms with van der Waals surface area (Å²) in [4.78, 5) is 3.08. The average Bonchev–Trinajstić information content (AvgIpc) is 1.94. The van der Waals surface area contributed by atoms with Crippen molar-refractivity contribution in [3.05, 3.63) is 12.1 Å². The summed E-state index contributed by atoms with van der Waals surface area (Å²) in [7, 11) is 0. The molecule has 0 fully saturated rings. The second-order valence-corrected chi connectivity index (χ2v) is 1.87. The van der Waals surface area contributed by atoms with E-state index in [1.165, 1.54) is 0 Å². The topological polar surface area (TPSA) is 62.6 Å². The Morgan fingerprint density at radius 2 is 2.00 bits per heavy atom. The number of alkyl halides is 2. The number of nitrogens with zero attached hydrogens (tertiary/aromatic N) is 1. The van der Waals surface area contributed by atoms with E-state index in [4.69, 9.17) is 10.2 Å². The van der Waals surface area contributed by atoms with Crippen molar-refractivity contribution in [2.24, 2.45) is 0 Å². The first kappa shape index (κ1) is 8.51. The maximum atomic E-state index is 11.6. The average molecular weight is 177 g/mol. The number of hydrogen-bond donors (Lipinski definition) is 2. The number of hydrogen-bond acceptors (Lipinski definition) is 4. The molecule has 0 aliphatic rings. The maximum absolute atomic E-state index is 11.6. The molecule has 2 N–H and O–H groups in total. The van der Waals surface area contributed by atoms with Gasteiger partial charge in [0.1, 0.15) is 0 Å². The third-order valence-electron chi connectivity index (χ3n) is 1.04. The third kappa shape index (κ3) is 1.94. The van der Waals surface area contributed by atoms with Crippen molar-refractivity contribution in [2.75, 3.05) is 0 Å². The fraction of sp³-hybridized carbons (Fsp3) is 0.167. The highest BCUT2D eigenvalue weighted by Crippen LogP contribution is 2.26. The molecule has 12 heavy (non-hydrogen) atoms. The number of ether oxygens (including phenoxy) is 1. The molecule has 0 radical (unpaired) electrons. The summed E-state index contributed by atoms with van der Waals surface area (Å²) in [5.41, 5.74) is 0. The Bertz CT molecular complexity index is 279. The molecule has 0 saturated heterocycles. The summed E-state index contributed by atoms with van der Waals surface area (Å²) in [5, 5.41) is 17.5. The van der Waals surface area contributed by atoms with Gasteiger partial charge < -0.3 is 14.9 Å². The summed E-state index contributed by atoms with van der Waals surface area (Å²) >= 11 is 0. The molecule has 0 bridgehead atoms. The smallest absolute Gasteiger partial charge is 0.387 e. The van der Waals surface area contributed by atoms with Gasteiger partial charge in [-0.25, -0.2) is 0 Å². The van der Waals surface area contributed by atoms with Crippen molar-refractivity contribution in [2.45, 2.75) is 6.61 Å². The van der Waals surface area contributed by atoms with E-state index >= 15 is 0 Å². The second-order valence-electron chi connectivity index (χ2n) is 1.87. The molecule has 6 heteroatoms. The summed E-state index contributed by atoms with van der Waals surface area (Å²) in [6.07, 6.45) is 0. The van der Waals surface area contributed by atoms with Crippen LogP contribution in [-0.4, -0.2) is 21.8 Å². The minimum Gasteiger partial charge on any atom is -0.493 e. The highest BCUT2D eigenvalue weighted by atomic mass is 19.3. The Balaban J connectivity index is 2.86. The molecule has 1 aromatic rings. The Kier molecular flexibility index (Phi) is 2.27. The number of rotatable bonds is 2. The van der Waals surface area contributed by atoms with Gasteiger partial charge in [0, 0.05) is 6.07 Å². The van der Waals surface area contributed by atoms with Gasteiger partial charge in [-0.15, -0.1) is 0 Å². The summed E-state index contributed by atoms with van der Waals surface area (Å²) in [6, 6.07) is 2.02. The van der Waals surface area contributed by atoms with Crippen molar-refractivity contribution in [1.82, 2.24) is 4.98 Å². The SMILES string of the molecule is Oc1ccc(OC(F)F)c(O)n1. The molecule has 0 unspecified atom stereocenters. The lowest BCUT2D eigenvalue weighted by molar-refractivity contribution is -0.0516. The second kappa shape index (κ2) is 3.21. The lowest BCUT2D eigenvalue weighted by Crippen LogP contribution is -2.02. The Morgan fingerprint density at radius 3 is 2.50 bits per heavy atom. The first-order valence-electron chi connectivity index (χ1n) is 2.93. The number of aromatic hydroxyl groups is 2. The zero-order valence-electron chi connectivity index (χ0n) is 5.74. The molecule has 0 atom stereocenters. The molecule has 0 aliphatic carbocycles. The van der Waals surface area contributed by atoms with Crippen molar-refractivity contribution >= 4 is 0 Å². The quantitative estimate of drug-likeness (QED) is 0.709. The molecular weight excluding hydrogens is 172 g/mol. The molecule has 0 spiro atoms. The van der Waals surface area contributed by atoms with E-state index in [1.807, 2.05) is 0 Å². The van der Waals surface area contributed by atoms with Crippen LogP contribution < -0.4 is 4.74 Å². The van der Waals surface area contributed by atoms with E-state index in [-0.39, 0.29) is 0 Å². The minimum atomic E-state index is -3.03. The maximum Gasteiger partial charge on any atom is 0.387 e. The molecule has 1 heterocycles. The van der Waals surface area contributed by atoms with E-state index in [0.29, 0.717) is 0 Å². The lowest BCUT2D eigenvalue weighted by Gasteiger charge is -2.04. The van der Waals surface area contributed by atoms with Gasteiger partial charge in [0.15, 0.2) is 5.75 Å². The lowest BCUT2D eigenvalue weighted by atomic mass is 10.4. The Labute approximate surface area is 66.0 Å². The highest BCUT2D eigenvalue weighted by molar-refractivity contribution is 5.34. The first-order valence-corrected chi connectivity index (χ1v) is 2.93. The van der Waals surface area contributed by atoms with Crippen LogP contribution in [0.5, 0.6) is 17.5 Å². The van der Waals surface area contributed by atoms with E-state index < -0.39 is 24.1 Å². The fourth-order valence-electron chi connectivity index (χ4n) is 0.614. The summed E-state index contributed by atoms with van der Waals surface area (Å²) in [6.45, 7) is -3.03. The molecule has 0 saturated carbocycles. The van der Waals surface area contributed by atoms with Gasteiger partial charge in [-0.3, -0.25) is 0 Å². The van der Waals surface area contributed by atoms with Gasteiger partial charge in [0.05, 0.1) is 0 Å². The monoisotopic (exact) mass is 177 g/mol. The van der Waals surface area contributed by atoms with E-state index in [1.54, 1.807) is 0 Å². The summed E-state index contributed by atoms with van der Waals surface area (Å²) in [5.74, 6) is -1.70. The van der Waals surface area contributed by atoms with Crippen LogP contribution in [0.1, 0.15) is 0 Å².